The third-order valence-corrected chi connectivity index (χ3v) is 8.23. The monoisotopic (exact) mass is 648 g/mol. The summed E-state index contributed by atoms with van der Waals surface area (Å²) in [5.41, 5.74) is 4.47. The molecular formula is C30H22Cl2N6O3S2. The summed E-state index contributed by atoms with van der Waals surface area (Å²) in [6.45, 7) is 0. The number of aromatic nitrogens is 4. The number of imidazole rings is 2. The normalized spacial score (nSPS) is 11.1. The number of H-pyrrole nitrogens is 2. The third-order valence-electron chi connectivity index (χ3n) is 6.02. The second kappa shape index (κ2) is 13.0. The van der Waals surface area contributed by atoms with Gasteiger partial charge in [0.15, 0.2) is 10.3 Å². The van der Waals surface area contributed by atoms with E-state index in [-0.39, 0.29) is 23.3 Å². The fourth-order valence-electron chi connectivity index (χ4n) is 4.10. The summed E-state index contributed by atoms with van der Waals surface area (Å²) < 4.78 is 5.95. The second-order valence-electron chi connectivity index (χ2n) is 9.23. The molecule has 0 saturated carbocycles. The van der Waals surface area contributed by atoms with Crippen LogP contribution in [0.1, 0.15) is 0 Å². The summed E-state index contributed by atoms with van der Waals surface area (Å²) in [6.07, 6.45) is 0. The number of hydrogen-bond acceptors (Lipinski definition) is 7. The summed E-state index contributed by atoms with van der Waals surface area (Å²) in [6, 6.07) is 25.0. The van der Waals surface area contributed by atoms with Crippen LogP contribution in [0.5, 0.6) is 11.5 Å². The molecule has 4 aromatic carbocycles. The summed E-state index contributed by atoms with van der Waals surface area (Å²) in [7, 11) is 0. The molecule has 0 radical (unpaired) electrons. The Morgan fingerprint density at radius 2 is 1.23 bits per heavy atom. The van der Waals surface area contributed by atoms with E-state index in [0.717, 1.165) is 22.1 Å². The SMILES string of the molecule is O=C(CSc1nc2ccc(Cl)cc2[nH]1)Nc1ccc(Oc2cccc(NC(=O)CSc3nc4ccc(Cl)cc4[nH]3)c2)cc1. The number of anilines is 2. The largest absolute Gasteiger partial charge is 0.457 e. The summed E-state index contributed by atoms with van der Waals surface area (Å²) in [5, 5.41) is 8.27. The van der Waals surface area contributed by atoms with Crippen LogP contribution >= 0.6 is 46.7 Å². The second-order valence-corrected chi connectivity index (χ2v) is 12.0. The van der Waals surface area contributed by atoms with Crippen molar-refractivity contribution in [2.24, 2.45) is 0 Å². The average molecular weight is 650 g/mol. The van der Waals surface area contributed by atoms with Gasteiger partial charge in [-0.1, -0.05) is 52.8 Å². The summed E-state index contributed by atoms with van der Waals surface area (Å²) >= 11 is 14.7. The zero-order chi connectivity index (χ0) is 29.8. The fraction of sp³-hybridized carbons (Fsp3) is 0.0667. The number of thioether (sulfide) groups is 2. The van der Waals surface area contributed by atoms with Crippen LogP contribution in [0.4, 0.5) is 11.4 Å². The van der Waals surface area contributed by atoms with Crippen molar-refractivity contribution in [3.8, 4) is 11.5 Å². The first-order valence-electron chi connectivity index (χ1n) is 12.9. The number of benzene rings is 4. The molecule has 6 rings (SSSR count). The Morgan fingerprint density at radius 1 is 0.674 bits per heavy atom. The molecule has 0 atom stereocenters. The van der Waals surface area contributed by atoms with Crippen LogP contribution < -0.4 is 15.4 Å². The number of rotatable bonds is 10. The average Bonchev–Trinajstić information content (AvgIpc) is 3.59. The number of carbonyl (C=O) groups excluding carboxylic acids is 2. The van der Waals surface area contributed by atoms with Gasteiger partial charge in [0.25, 0.3) is 0 Å². The highest BCUT2D eigenvalue weighted by atomic mass is 35.5. The molecule has 2 heterocycles. The maximum absolute atomic E-state index is 12.5. The zero-order valence-corrected chi connectivity index (χ0v) is 25.3. The minimum Gasteiger partial charge on any atom is -0.457 e. The maximum Gasteiger partial charge on any atom is 0.234 e. The molecule has 13 heteroatoms. The minimum atomic E-state index is -0.177. The lowest BCUT2D eigenvalue weighted by molar-refractivity contribution is -0.114. The lowest BCUT2D eigenvalue weighted by Crippen LogP contribution is -2.14. The molecule has 0 saturated heterocycles. The van der Waals surface area contributed by atoms with Crippen LogP contribution in [0, 0.1) is 0 Å². The third kappa shape index (κ3) is 7.63. The first-order chi connectivity index (χ1) is 20.9. The van der Waals surface area contributed by atoms with E-state index in [1.54, 1.807) is 72.8 Å². The highest BCUT2D eigenvalue weighted by Crippen LogP contribution is 2.27. The predicted octanol–water partition coefficient (Wildman–Crippen LogP) is 8.00. The van der Waals surface area contributed by atoms with Gasteiger partial charge in [0.2, 0.25) is 11.8 Å². The molecule has 43 heavy (non-hydrogen) atoms. The summed E-state index contributed by atoms with van der Waals surface area (Å²) in [4.78, 5) is 40.3. The van der Waals surface area contributed by atoms with Gasteiger partial charge in [-0.3, -0.25) is 9.59 Å². The molecule has 0 aliphatic carbocycles. The molecule has 0 unspecified atom stereocenters. The molecule has 2 aromatic heterocycles. The van der Waals surface area contributed by atoms with Crippen LogP contribution in [0.15, 0.2) is 95.2 Å². The summed E-state index contributed by atoms with van der Waals surface area (Å²) in [5.74, 6) is 1.16. The van der Waals surface area contributed by atoms with Gasteiger partial charge in [0.05, 0.1) is 33.6 Å². The van der Waals surface area contributed by atoms with Crippen molar-refractivity contribution in [2.75, 3.05) is 22.1 Å². The number of amides is 2. The molecule has 0 aliphatic heterocycles. The Hall–Kier alpha value is -4.16. The molecule has 0 spiro atoms. The molecule has 0 bridgehead atoms. The number of fused-ring (bicyclic) bond motifs is 2. The topological polar surface area (TPSA) is 125 Å². The first kappa shape index (κ1) is 28.9. The van der Waals surface area contributed by atoms with E-state index in [1.807, 2.05) is 12.1 Å². The van der Waals surface area contributed by atoms with Gasteiger partial charge >= 0.3 is 0 Å². The Balaban J connectivity index is 0.976. The highest BCUT2D eigenvalue weighted by molar-refractivity contribution is 8.00. The van der Waals surface area contributed by atoms with Crippen molar-refractivity contribution in [1.82, 2.24) is 19.9 Å². The van der Waals surface area contributed by atoms with E-state index in [2.05, 4.69) is 30.6 Å². The van der Waals surface area contributed by atoms with Crippen LogP contribution in [-0.4, -0.2) is 43.3 Å². The van der Waals surface area contributed by atoms with E-state index < -0.39 is 0 Å². The number of aromatic amines is 2. The molecule has 0 fully saturated rings. The Bertz CT molecular complexity index is 1940. The van der Waals surface area contributed by atoms with Crippen molar-refractivity contribution in [1.29, 1.82) is 0 Å². The lowest BCUT2D eigenvalue weighted by Gasteiger charge is -2.10. The van der Waals surface area contributed by atoms with Gasteiger partial charge in [-0.05, 0) is 72.8 Å². The van der Waals surface area contributed by atoms with Crippen molar-refractivity contribution in [3.63, 3.8) is 0 Å². The molecular weight excluding hydrogens is 627 g/mol. The van der Waals surface area contributed by atoms with Gasteiger partial charge in [0.1, 0.15) is 11.5 Å². The number of nitrogens with one attached hydrogen (secondary N) is 4. The molecule has 0 aliphatic rings. The minimum absolute atomic E-state index is 0.163. The van der Waals surface area contributed by atoms with Crippen molar-refractivity contribution >= 4 is 92.0 Å². The van der Waals surface area contributed by atoms with E-state index >= 15 is 0 Å². The molecule has 2 amide bonds. The Morgan fingerprint density at radius 3 is 1.81 bits per heavy atom. The van der Waals surface area contributed by atoms with E-state index in [1.165, 1.54) is 23.5 Å². The molecule has 9 nitrogen and oxygen atoms in total. The predicted molar refractivity (Wildman–Crippen MR) is 174 cm³/mol. The molecule has 4 N–H and O–H groups in total. The Labute approximate surface area is 264 Å². The quantitative estimate of drug-likeness (QED) is 0.111. The van der Waals surface area contributed by atoms with Gasteiger partial charge in [-0.25, -0.2) is 9.97 Å². The van der Waals surface area contributed by atoms with Crippen molar-refractivity contribution in [3.05, 3.63) is 95.0 Å². The van der Waals surface area contributed by atoms with Crippen LogP contribution in [0.2, 0.25) is 10.0 Å². The lowest BCUT2D eigenvalue weighted by atomic mass is 10.2. The number of ether oxygens (including phenoxy) is 1. The highest BCUT2D eigenvalue weighted by Gasteiger charge is 2.10. The van der Waals surface area contributed by atoms with E-state index in [9.17, 15) is 9.59 Å². The number of hydrogen-bond donors (Lipinski definition) is 4. The van der Waals surface area contributed by atoms with E-state index in [4.69, 9.17) is 27.9 Å². The first-order valence-corrected chi connectivity index (χ1v) is 15.6. The van der Waals surface area contributed by atoms with E-state index in [0.29, 0.717) is 43.2 Å². The van der Waals surface area contributed by atoms with Gasteiger partial charge < -0.3 is 25.3 Å². The van der Waals surface area contributed by atoms with Crippen LogP contribution in [0.3, 0.4) is 0 Å². The maximum atomic E-state index is 12.5. The molecule has 6 aromatic rings. The van der Waals surface area contributed by atoms with Crippen molar-refractivity contribution < 1.29 is 14.3 Å². The number of nitrogens with zero attached hydrogens (tertiary/aromatic N) is 2. The van der Waals surface area contributed by atoms with Gasteiger partial charge in [0, 0.05) is 27.5 Å². The van der Waals surface area contributed by atoms with Gasteiger partial charge in [-0.2, -0.15) is 0 Å². The van der Waals surface area contributed by atoms with Gasteiger partial charge in [-0.15, -0.1) is 0 Å². The molecule has 216 valence electrons. The number of carbonyl (C=O) groups is 2. The van der Waals surface area contributed by atoms with Crippen molar-refractivity contribution in [2.45, 2.75) is 10.3 Å². The Kier molecular flexibility index (Phi) is 8.75. The van der Waals surface area contributed by atoms with Crippen LogP contribution in [0.25, 0.3) is 22.1 Å². The number of halogens is 2. The smallest absolute Gasteiger partial charge is 0.234 e. The fourth-order valence-corrected chi connectivity index (χ4v) is 5.81. The standard InChI is InChI=1S/C30H22Cl2N6O3S2/c31-17-4-10-23-25(12-17)37-29(35-23)42-15-27(39)33-19-6-8-21(9-7-19)41-22-3-1-2-20(14-22)34-28(40)16-43-30-36-24-11-5-18(32)13-26(24)38-30/h1-14H,15-16H2,(H,33,39)(H,34,40)(H,35,37)(H,36,38). The van der Waals surface area contributed by atoms with Crippen LogP contribution in [-0.2, 0) is 9.59 Å². The zero-order valence-electron chi connectivity index (χ0n) is 22.2.